The summed E-state index contributed by atoms with van der Waals surface area (Å²) in [6, 6.07) is 7.02. The van der Waals surface area contributed by atoms with Crippen molar-refractivity contribution in [3.8, 4) is 0 Å². The summed E-state index contributed by atoms with van der Waals surface area (Å²) < 4.78 is 4.97. The average Bonchev–Trinajstić information content (AvgIpc) is 3.40. The number of nitrogens with one attached hydrogen (secondary N) is 1. The van der Waals surface area contributed by atoms with Crippen LogP contribution in [0.5, 0.6) is 0 Å². The molecule has 0 aromatic heterocycles. The van der Waals surface area contributed by atoms with Crippen molar-refractivity contribution in [3.63, 3.8) is 0 Å². The molecule has 0 bridgehead atoms. The molecular weight excluding hydrogens is 374 g/mol. The summed E-state index contributed by atoms with van der Waals surface area (Å²) >= 11 is 0. The molecule has 1 aromatic carbocycles. The van der Waals surface area contributed by atoms with E-state index in [1.807, 2.05) is 11.0 Å². The van der Waals surface area contributed by atoms with Gasteiger partial charge in [0, 0.05) is 50.6 Å². The fourth-order valence-electron chi connectivity index (χ4n) is 3.95. The van der Waals surface area contributed by atoms with Gasteiger partial charge in [0.2, 0.25) is 5.91 Å². The molecule has 0 radical (unpaired) electrons. The van der Waals surface area contributed by atoms with Gasteiger partial charge in [-0.05, 0) is 31.0 Å². The molecule has 0 saturated carbocycles. The summed E-state index contributed by atoms with van der Waals surface area (Å²) in [7, 11) is 0. The van der Waals surface area contributed by atoms with Crippen LogP contribution in [0.1, 0.15) is 12.8 Å². The van der Waals surface area contributed by atoms with Crippen LogP contribution in [-0.2, 0) is 9.53 Å². The molecule has 0 unspecified atom stereocenters. The topological polar surface area (TPSA) is 85.4 Å². The standard InChI is InChI=1S/C20H27N5O4/c26-18(23-6-1-2-7-23)15-22-8-10-24(11-9-22)19(27)21-16-4-3-5-17(14-16)25-12-13-29-20(25)28/h3-5,14H,1-2,6-13,15H2,(H,21,27). The number of anilines is 2. The molecular formula is C20H27N5O4. The lowest BCUT2D eigenvalue weighted by atomic mass is 10.2. The largest absolute Gasteiger partial charge is 0.447 e. The highest BCUT2D eigenvalue weighted by Gasteiger charge is 2.26. The molecule has 3 saturated heterocycles. The molecule has 1 aromatic rings. The molecule has 3 heterocycles. The molecule has 3 aliphatic rings. The molecule has 1 N–H and O–H groups in total. The number of amides is 4. The first-order valence-corrected chi connectivity index (χ1v) is 10.2. The Kier molecular flexibility index (Phi) is 5.84. The van der Waals surface area contributed by atoms with Crippen LogP contribution in [0.15, 0.2) is 24.3 Å². The Morgan fingerprint density at radius 3 is 2.41 bits per heavy atom. The Bertz CT molecular complexity index is 772. The number of hydrogen-bond donors (Lipinski definition) is 1. The van der Waals surface area contributed by atoms with Gasteiger partial charge in [-0.2, -0.15) is 0 Å². The second-order valence-corrected chi connectivity index (χ2v) is 7.60. The van der Waals surface area contributed by atoms with Gasteiger partial charge in [0.15, 0.2) is 0 Å². The van der Waals surface area contributed by atoms with Gasteiger partial charge in [-0.25, -0.2) is 9.59 Å². The first kappa shape index (κ1) is 19.5. The number of carbonyl (C=O) groups excluding carboxylic acids is 3. The van der Waals surface area contributed by atoms with Crippen molar-refractivity contribution in [3.05, 3.63) is 24.3 Å². The lowest BCUT2D eigenvalue weighted by Crippen LogP contribution is -2.52. The third-order valence-corrected chi connectivity index (χ3v) is 5.65. The highest BCUT2D eigenvalue weighted by Crippen LogP contribution is 2.22. The summed E-state index contributed by atoms with van der Waals surface area (Å²) in [6.45, 7) is 5.59. The lowest BCUT2D eigenvalue weighted by molar-refractivity contribution is -0.131. The smallest absolute Gasteiger partial charge is 0.414 e. The predicted octanol–water partition coefficient (Wildman–Crippen LogP) is 1.42. The Morgan fingerprint density at radius 1 is 0.966 bits per heavy atom. The number of hydrogen-bond acceptors (Lipinski definition) is 5. The monoisotopic (exact) mass is 401 g/mol. The van der Waals surface area contributed by atoms with E-state index in [0.29, 0.717) is 57.3 Å². The lowest BCUT2D eigenvalue weighted by Gasteiger charge is -2.35. The number of likely N-dealkylation sites (tertiary alicyclic amines) is 1. The van der Waals surface area contributed by atoms with E-state index in [4.69, 9.17) is 4.74 Å². The Morgan fingerprint density at radius 2 is 1.72 bits per heavy atom. The van der Waals surface area contributed by atoms with Gasteiger partial charge >= 0.3 is 12.1 Å². The number of urea groups is 1. The highest BCUT2D eigenvalue weighted by atomic mass is 16.6. The molecule has 29 heavy (non-hydrogen) atoms. The SMILES string of the molecule is O=C(CN1CCN(C(=O)Nc2cccc(N3CCOC3=O)c2)CC1)N1CCCC1. The summed E-state index contributed by atoms with van der Waals surface area (Å²) in [6.07, 6.45) is 1.83. The number of benzene rings is 1. The van der Waals surface area contributed by atoms with E-state index in [-0.39, 0.29) is 18.0 Å². The zero-order valence-electron chi connectivity index (χ0n) is 16.5. The minimum absolute atomic E-state index is 0.170. The molecule has 0 aliphatic carbocycles. The molecule has 4 amide bonds. The number of piperazine rings is 1. The Labute approximate surface area is 170 Å². The summed E-state index contributed by atoms with van der Waals surface area (Å²) in [4.78, 5) is 44.0. The summed E-state index contributed by atoms with van der Waals surface area (Å²) in [5.74, 6) is 0.192. The Hall–Kier alpha value is -2.81. The van der Waals surface area contributed by atoms with Crippen molar-refractivity contribution in [1.29, 1.82) is 0 Å². The molecule has 9 heteroatoms. The van der Waals surface area contributed by atoms with Crippen LogP contribution in [0, 0.1) is 0 Å². The van der Waals surface area contributed by atoms with Crippen molar-refractivity contribution in [2.24, 2.45) is 0 Å². The minimum Gasteiger partial charge on any atom is -0.447 e. The molecule has 0 spiro atoms. The summed E-state index contributed by atoms with van der Waals surface area (Å²) in [5.41, 5.74) is 1.34. The van der Waals surface area contributed by atoms with E-state index in [9.17, 15) is 14.4 Å². The maximum absolute atomic E-state index is 12.6. The quantitative estimate of drug-likeness (QED) is 0.825. The zero-order valence-corrected chi connectivity index (χ0v) is 16.5. The first-order valence-electron chi connectivity index (χ1n) is 10.2. The van der Waals surface area contributed by atoms with Crippen molar-refractivity contribution >= 4 is 29.4 Å². The van der Waals surface area contributed by atoms with Crippen LogP contribution in [-0.4, -0.2) is 91.7 Å². The van der Waals surface area contributed by atoms with Gasteiger partial charge in [0.1, 0.15) is 6.61 Å². The maximum Gasteiger partial charge on any atom is 0.414 e. The van der Waals surface area contributed by atoms with Gasteiger partial charge < -0.3 is 19.9 Å². The van der Waals surface area contributed by atoms with E-state index in [0.717, 1.165) is 25.9 Å². The maximum atomic E-state index is 12.6. The number of cyclic esters (lactones) is 1. The number of ether oxygens (including phenoxy) is 1. The van der Waals surface area contributed by atoms with Crippen LogP contribution in [0.3, 0.4) is 0 Å². The average molecular weight is 401 g/mol. The van der Waals surface area contributed by atoms with E-state index in [2.05, 4.69) is 10.2 Å². The zero-order chi connectivity index (χ0) is 20.2. The minimum atomic E-state index is -0.368. The third-order valence-electron chi connectivity index (χ3n) is 5.65. The van der Waals surface area contributed by atoms with Crippen molar-refractivity contribution in [2.75, 3.05) is 69.2 Å². The summed E-state index contributed by atoms with van der Waals surface area (Å²) in [5, 5.41) is 2.91. The van der Waals surface area contributed by atoms with Crippen molar-refractivity contribution < 1.29 is 19.1 Å². The third kappa shape index (κ3) is 4.61. The Balaban J connectivity index is 1.27. The number of rotatable bonds is 4. The van der Waals surface area contributed by atoms with Gasteiger partial charge in [0.05, 0.1) is 13.1 Å². The number of nitrogens with zero attached hydrogens (tertiary/aromatic N) is 4. The fourth-order valence-corrected chi connectivity index (χ4v) is 3.95. The molecule has 3 fully saturated rings. The van der Waals surface area contributed by atoms with Crippen LogP contribution in [0.4, 0.5) is 21.0 Å². The first-order chi connectivity index (χ1) is 14.1. The van der Waals surface area contributed by atoms with Crippen LogP contribution in [0.2, 0.25) is 0 Å². The van der Waals surface area contributed by atoms with E-state index < -0.39 is 0 Å². The van der Waals surface area contributed by atoms with Gasteiger partial charge in [0.25, 0.3) is 0 Å². The molecule has 0 atom stereocenters. The molecule has 3 aliphatic heterocycles. The second kappa shape index (κ2) is 8.69. The van der Waals surface area contributed by atoms with Crippen LogP contribution < -0.4 is 10.2 Å². The van der Waals surface area contributed by atoms with Crippen molar-refractivity contribution in [2.45, 2.75) is 12.8 Å². The van der Waals surface area contributed by atoms with E-state index in [1.165, 1.54) is 0 Å². The molecule has 156 valence electrons. The van der Waals surface area contributed by atoms with Gasteiger partial charge in [-0.3, -0.25) is 14.6 Å². The van der Waals surface area contributed by atoms with E-state index >= 15 is 0 Å². The van der Waals surface area contributed by atoms with Gasteiger partial charge in [-0.15, -0.1) is 0 Å². The normalized spacial score (nSPS) is 20.1. The predicted molar refractivity (Wildman–Crippen MR) is 108 cm³/mol. The fraction of sp³-hybridized carbons (Fsp3) is 0.550. The van der Waals surface area contributed by atoms with Crippen LogP contribution >= 0.6 is 0 Å². The molecule has 4 rings (SSSR count). The second-order valence-electron chi connectivity index (χ2n) is 7.60. The van der Waals surface area contributed by atoms with E-state index in [1.54, 1.807) is 28.0 Å². The molecule has 9 nitrogen and oxygen atoms in total. The van der Waals surface area contributed by atoms with Crippen molar-refractivity contribution in [1.82, 2.24) is 14.7 Å². The highest BCUT2D eigenvalue weighted by molar-refractivity contribution is 5.93. The van der Waals surface area contributed by atoms with Gasteiger partial charge in [-0.1, -0.05) is 6.07 Å². The van der Waals surface area contributed by atoms with Crippen LogP contribution in [0.25, 0.3) is 0 Å². The number of carbonyl (C=O) groups is 3.